The van der Waals surface area contributed by atoms with E-state index in [0.29, 0.717) is 5.39 Å². The summed E-state index contributed by atoms with van der Waals surface area (Å²) in [6, 6.07) is 12.4. The van der Waals surface area contributed by atoms with Crippen LogP contribution in [0.5, 0.6) is 0 Å². The molecule has 0 saturated heterocycles. The Labute approximate surface area is 137 Å². The summed E-state index contributed by atoms with van der Waals surface area (Å²) in [4.78, 5) is 0.211. The standard InChI is InChI=1S/C11H10O3S.K.H/c1-14-15(12,13)11-8-4-6-9-5-2-3-7-10(9)11;;/h2-8H,1H3;;. The Balaban J connectivity index is 0.00000128. The molecule has 0 bridgehead atoms. The maximum atomic E-state index is 11.6. The summed E-state index contributed by atoms with van der Waals surface area (Å²) < 4.78 is 27.7. The predicted octanol–water partition coefficient (Wildman–Crippen LogP) is 1.53. The van der Waals surface area contributed by atoms with Gasteiger partial charge in [-0.1, -0.05) is 36.4 Å². The van der Waals surface area contributed by atoms with Crippen molar-refractivity contribution in [2.75, 3.05) is 7.11 Å². The van der Waals surface area contributed by atoms with Crippen LogP contribution in [0.3, 0.4) is 0 Å². The SMILES string of the molecule is COS(=O)(=O)c1cccc2ccccc12.[KH]. The third-order valence-corrected chi connectivity index (χ3v) is 3.57. The van der Waals surface area contributed by atoms with Gasteiger partial charge in [0.1, 0.15) is 4.90 Å². The topological polar surface area (TPSA) is 43.4 Å². The van der Waals surface area contributed by atoms with Gasteiger partial charge in [-0.3, -0.25) is 4.18 Å². The molecule has 5 heteroatoms. The van der Waals surface area contributed by atoms with Crippen molar-refractivity contribution in [3.8, 4) is 0 Å². The summed E-state index contributed by atoms with van der Waals surface area (Å²) in [7, 11) is -2.46. The molecule has 0 atom stereocenters. The third-order valence-electron chi connectivity index (χ3n) is 2.24. The molecule has 3 nitrogen and oxygen atoms in total. The van der Waals surface area contributed by atoms with E-state index in [1.54, 1.807) is 24.3 Å². The van der Waals surface area contributed by atoms with Crippen LogP contribution in [-0.4, -0.2) is 66.9 Å². The fourth-order valence-electron chi connectivity index (χ4n) is 1.50. The van der Waals surface area contributed by atoms with Crippen molar-refractivity contribution in [2.24, 2.45) is 0 Å². The molecular formula is C11H11KO3S. The number of rotatable bonds is 2. The zero-order chi connectivity index (χ0) is 10.9. The minimum atomic E-state index is -3.62. The quantitative estimate of drug-likeness (QED) is 0.609. The molecule has 80 valence electrons. The minimum absolute atomic E-state index is 0. The molecule has 2 aromatic rings. The molecule has 0 radical (unpaired) electrons. The molecule has 0 fully saturated rings. The summed E-state index contributed by atoms with van der Waals surface area (Å²) in [5.74, 6) is 0. The number of fused-ring (bicyclic) bond motifs is 1. The number of hydrogen-bond donors (Lipinski definition) is 0. The molecule has 0 unspecified atom stereocenters. The number of benzene rings is 2. The van der Waals surface area contributed by atoms with Crippen LogP contribution >= 0.6 is 0 Å². The van der Waals surface area contributed by atoms with Gasteiger partial charge in [-0.2, -0.15) is 8.42 Å². The number of hydrogen-bond acceptors (Lipinski definition) is 3. The summed E-state index contributed by atoms with van der Waals surface area (Å²) in [5, 5.41) is 1.57. The van der Waals surface area contributed by atoms with E-state index in [4.69, 9.17) is 0 Å². The normalized spacial score (nSPS) is 11.1. The first-order chi connectivity index (χ1) is 7.15. The van der Waals surface area contributed by atoms with Gasteiger partial charge in [-0.05, 0) is 11.5 Å². The third kappa shape index (κ3) is 2.73. The van der Waals surface area contributed by atoms with Gasteiger partial charge in [0.25, 0.3) is 10.1 Å². The van der Waals surface area contributed by atoms with Crippen LogP contribution in [0.15, 0.2) is 47.4 Å². The van der Waals surface area contributed by atoms with Crippen molar-refractivity contribution < 1.29 is 12.6 Å². The van der Waals surface area contributed by atoms with Crippen LogP contribution in [0.25, 0.3) is 10.8 Å². The first kappa shape index (κ1) is 14.3. The molecule has 16 heavy (non-hydrogen) atoms. The van der Waals surface area contributed by atoms with Crippen molar-refractivity contribution in [2.45, 2.75) is 4.90 Å². The summed E-state index contributed by atoms with van der Waals surface area (Å²) in [6.07, 6.45) is 0. The molecule has 0 N–H and O–H groups in total. The van der Waals surface area contributed by atoms with Crippen molar-refractivity contribution in [3.63, 3.8) is 0 Å². The van der Waals surface area contributed by atoms with Gasteiger partial charge in [0.15, 0.2) is 0 Å². The van der Waals surface area contributed by atoms with E-state index < -0.39 is 10.1 Å². The van der Waals surface area contributed by atoms with Crippen LogP contribution in [0.1, 0.15) is 0 Å². The van der Waals surface area contributed by atoms with Crippen LogP contribution < -0.4 is 0 Å². The van der Waals surface area contributed by atoms with Gasteiger partial charge in [0.05, 0.1) is 7.11 Å². The Hall–Kier alpha value is 0.246. The van der Waals surface area contributed by atoms with Gasteiger partial charge in [-0.25, -0.2) is 0 Å². The molecule has 0 spiro atoms. The van der Waals surface area contributed by atoms with E-state index in [1.807, 2.05) is 18.2 Å². The van der Waals surface area contributed by atoms with Gasteiger partial charge in [-0.15, -0.1) is 0 Å². The van der Waals surface area contributed by atoms with Gasteiger partial charge < -0.3 is 0 Å². The monoisotopic (exact) mass is 262 g/mol. The molecule has 0 saturated carbocycles. The van der Waals surface area contributed by atoms with E-state index in [9.17, 15) is 8.42 Å². The van der Waals surface area contributed by atoms with Gasteiger partial charge >= 0.3 is 51.4 Å². The zero-order valence-corrected chi connectivity index (χ0v) is 8.99. The second kappa shape index (κ2) is 5.73. The molecule has 2 rings (SSSR count). The Bertz CT molecular complexity index is 588. The second-order valence-corrected chi connectivity index (χ2v) is 4.78. The van der Waals surface area contributed by atoms with Crippen molar-refractivity contribution in [1.82, 2.24) is 0 Å². The molecule has 2 aromatic carbocycles. The van der Waals surface area contributed by atoms with E-state index in [-0.39, 0.29) is 56.3 Å². The fourth-order valence-corrected chi connectivity index (χ4v) is 2.38. The van der Waals surface area contributed by atoms with E-state index in [2.05, 4.69) is 4.18 Å². The Morgan fingerprint density at radius 3 is 2.31 bits per heavy atom. The van der Waals surface area contributed by atoms with E-state index >= 15 is 0 Å². The van der Waals surface area contributed by atoms with Crippen LogP contribution in [0, 0.1) is 0 Å². The first-order valence-electron chi connectivity index (χ1n) is 4.43. The van der Waals surface area contributed by atoms with Crippen LogP contribution in [0.2, 0.25) is 0 Å². The fraction of sp³-hybridized carbons (Fsp3) is 0.0909. The Morgan fingerprint density at radius 2 is 1.62 bits per heavy atom. The average Bonchev–Trinajstić information content (AvgIpc) is 2.28. The molecule has 0 aliphatic carbocycles. The molecule has 0 aliphatic rings. The van der Waals surface area contributed by atoms with Crippen molar-refractivity contribution in [1.29, 1.82) is 0 Å². The van der Waals surface area contributed by atoms with Crippen molar-refractivity contribution in [3.05, 3.63) is 42.5 Å². The summed E-state index contributed by atoms with van der Waals surface area (Å²) in [5.41, 5.74) is 0. The average molecular weight is 262 g/mol. The van der Waals surface area contributed by atoms with Crippen molar-refractivity contribution >= 4 is 72.3 Å². The summed E-state index contributed by atoms with van der Waals surface area (Å²) in [6.45, 7) is 0. The molecule has 0 heterocycles. The van der Waals surface area contributed by atoms with Crippen LogP contribution in [0.4, 0.5) is 0 Å². The zero-order valence-electron chi connectivity index (χ0n) is 8.17. The molecule has 0 amide bonds. The predicted molar refractivity (Wildman–Crippen MR) is 65.3 cm³/mol. The first-order valence-corrected chi connectivity index (χ1v) is 5.84. The van der Waals surface area contributed by atoms with E-state index in [0.717, 1.165) is 12.5 Å². The molecule has 0 aromatic heterocycles. The maximum absolute atomic E-state index is 11.6. The Kier molecular flexibility index (Phi) is 5.12. The van der Waals surface area contributed by atoms with Gasteiger partial charge in [0.2, 0.25) is 0 Å². The van der Waals surface area contributed by atoms with Gasteiger partial charge in [0, 0.05) is 5.39 Å². The summed E-state index contributed by atoms with van der Waals surface area (Å²) >= 11 is 0. The van der Waals surface area contributed by atoms with E-state index in [1.165, 1.54) is 0 Å². The Morgan fingerprint density at radius 1 is 1.00 bits per heavy atom. The molecular weight excluding hydrogens is 251 g/mol. The second-order valence-electron chi connectivity index (χ2n) is 3.10. The van der Waals surface area contributed by atoms with Crippen LogP contribution in [-0.2, 0) is 14.3 Å². The molecule has 0 aliphatic heterocycles.